The molecule has 6 nitrogen and oxygen atoms in total. The predicted molar refractivity (Wildman–Crippen MR) is 82.0 cm³/mol. The molecule has 0 saturated heterocycles. The summed E-state index contributed by atoms with van der Waals surface area (Å²) in [4.78, 5) is 21.7. The first-order valence-electron chi connectivity index (χ1n) is 7.05. The number of hydrogen-bond acceptors (Lipinski definition) is 4. The molecule has 0 spiro atoms. The fraction of sp³-hybridized carbons (Fsp3) is 0.375. The minimum atomic E-state index is -1.16. The Morgan fingerprint density at radius 1 is 1.27 bits per heavy atom. The molecular formula is C16H21NO5. The number of carboxylic acid groups (broad SMARTS) is 1. The van der Waals surface area contributed by atoms with Gasteiger partial charge in [-0.3, -0.25) is 4.79 Å². The van der Waals surface area contributed by atoms with E-state index in [1.54, 1.807) is 19.2 Å². The first-order valence-corrected chi connectivity index (χ1v) is 7.05. The molecular weight excluding hydrogens is 286 g/mol. The first kappa shape index (κ1) is 17.6. The van der Waals surface area contributed by atoms with Crippen molar-refractivity contribution in [1.29, 1.82) is 0 Å². The second-order valence-corrected chi connectivity index (χ2v) is 4.58. The summed E-state index contributed by atoms with van der Waals surface area (Å²) in [5.74, 6) is -0.365. The highest BCUT2D eigenvalue weighted by Crippen LogP contribution is 2.28. The van der Waals surface area contributed by atoms with Gasteiger partial charge in [-0.2, -0.15) is 0 Å². The number of hydrogen-bond donors (Lipinski definition) is 2. The molecule has 120 valence electrons. The molecule has 0 bridgehead atoms. The SMILES string of the molecule is CCCCOc1ccc(CNC(=O)/C=C/C(=O)O)cc1OC. The molecule has 1 rings (SSSR count). The number of nitrogens with one attached hydrogen (secondary N) is 1. The van der Waals surface area contributed by atoms with Gasteiger partial charge in [0.25, 0.3) is 0 Å². The van der Waals surface area contributed by atoms with Gasteiger partial charge in [-0.15, -0.1) is 0 Å². The van der Waals surface area contributed by atoms with Crippen molar-refractivity contribution >= 4 is 11.9 Å². The molecule has 0 saturated carbocycles. The zero-order valence-electron chi connectivity index (χ0n) is 12.8. The van der Waals surface area contributed by atoms with E-state index < -0.39 is 11.9 Å². The van der Waals surface area contributed by atoms with Crippen LogP contribution in [0.25, 0.3) is 0 Å². The Hall–Kier alpha value is -2.50. The molecule has 0 heterocycles. The predicted octanol–water partition coefficient (Wildman–Crippen LogP) is 2.13. The summed E-state index contributed by atoms with van der Waals surface area (Å²) < 4.78 is 10.9. The van der Waals surface area contributed by atoms with Gasteiger partial charge in [0, 0.05) is 18.7 Å². The smallest absolute Gasteiger partial charge is 0.328 e. The Balaban J connectivity index is 2.61. The van der Waals surface area contributed by atoms with Gasteiger partial charge in [-0.25, -0.2) is 4.79 Å². The van der Waals surface area contributed by atoms with Crippen LogP contribution < -0.4 is 14.8 Å². The van der Waals surface area contributed by atoms with E-state index in [9.17, 15) is 9.59 Å². The maximum atomic E-state index is 11.4. The molecule has 0 radical (unpaired) electrons. The molecule has 2 N–H and O–H groups in total. The summed E-state index contributed by atoms with van der Waals surface area (Å²) in [6, 6.07) is 5.40. The average molecular weight is 307 g/mol. The van der Waals surface area contributed by atoms with Crippen molar-refractivity contribution in [3.05, 3.63) is 35.9 Å². The number of aliphatic carboxylic acids is 1. The van der Waals surface area contributed by atoms with Crippen LogP contribution in [0.2, 0.25) is 0 Å². The fourth-order valence-corrected chi connectivity index (χ4v) is 1.66. The zero-order chi connectivity index (χ0) is 16.4. The third-order valence-corrected chi connectivity index (χ3v) is 2.83. The van der Waals surface area contributed by atoms with E-state index >= 15 is 0 Å². The fourth-order valence-electron chi connectivity index (χ4n) is 1.66. The summed E-state index contributed by atoms with van der Waals surface area (Å²) in [7, 11) is 1.56. The van der Waals surface area contributed by atoms with Crippen molar-refractivity contribution in [1.82, 2.24) is 5.32 Å². The van der Waals surface area contributed by atoms with Crippen LogP contribution >= 0.6 is 0 Å². The Bertz CT molecular complexity index is 539. The van der Waals surface area contributed by atoms with Gasteiger partial charge < -0.3 is 19.9 Å². The van der Waals surface area contributed by atoms with Gasteiger partial charge in [-0.1, -0.05) is 19.4 Å². The first-order chi connectivity index (χ1) is 10.6. The molecule has 0 aliphatic rings. The average Bonchev–Trinajstić information content (AvgIpc) is 2.51. The van der Waals surface area contributed by atoms with E-state index in [0.29, 0.717) is 18.1 Å². The zero-order valence-corrected chi connectivity index (χ0v) is 12.8. The molecule has 22 heavy (non-hydrogen) atoms. The van der Waals surface area contributed by atoms with Crippen LogP contribution in [0.4, 0.5) is 0 Å². The van der Waals surface area contributed by atoms with Crippen molar-refractivity contribution in [3.8, 4) is 11.5 Å². The van der Waals surface area contributed by atoms with Gasteiger partial charge in [-0.05, 0) is 24.1 Å². The van der Waals surface area contributed by atoms with Crippen LogP contribution in [0.15, 0.2) is 30.4 Å². The largest absolute Gasteiger partial charge is 0.493 e. The quantitative estimate of drug-likeness (QED) is 0.539. The minimum Gasteiger partial charge on any atom is -0.493 e. The van der Waals surface area contributed by atoms with Gasteiger partial charge in [0.1, 0.15) is 0 Å². The standard InChI is InChI=1S/C16H21NO5/c1-3-4-9-22-13-6-5-12(10-14(13)21-2)11-17-15(18)7-8-16(19)20/h5-8,10H,3-4,9,11H2,1-2H3,(H,17,18)(H,19,20)/b8-7+. The monoisotopic (exact) mass is 307 g/mol. The Morgan fingerprint density at radius 2 is 2.05 bits per heavy atom. The van der Waals surface area contributed by atoms with E-state index in [-0.39, 0.29) is 6.54 Å². The van der Waals surface area contributed by atoms with Crippen LogP contribution in [0, 0.1) is 0 Å². The van der Waals surface area contributed by atoms with E-state index in [2.05, 4.69) is 12.2 Å². The molecule has 0 aromatic heterocycles. The molecule has 0 aliphatic carbocycles. The lowest BCUT2D eigenvalue weighted by atomic mass is 10.2. The number of methoxy groups -OCH3 is 1. The lowest BCUT2D eigenvalue weighted by Gasteiger charge is -2.12. The summed E-state index contributed by atoms with van der Waals surface area (Å²) in [5.41, 5.74) is 0.830. The van der Waals surface area contributed by atoms with Gasteiger partial charge in [0.05, 0.1) is 13.7 Å². The number of rotatable bonds is 9. The minimum absolute atomic E-state index is 0.272. The molecule has 6 heteroatoms. The number of ether oxygens (including phenoxy) is 2. The van der Waals surface area contributed by atoms with Crippen molar-refractivity contribution in [2.75, 3.05) is 13.7 Å². The number of carbonyl (C=O) groups is 2. The second-order valence-electron chi connectivity index (χ2n) is 4.58. The lowest BCUT2D eigenvalue weighted by molar-refractivity contribution is -0.131. The lowest BCUT2D eigenvalue weighted by Crippen LogP contribution is -2.20. The summed E-state index contributed by atoms with van der Waals surface area (Å²) in [6.07, 6.45) is 3.79. The highest BCUT2D eigenvalue weighted by Gasteiger charge is 2.06. The topological polar surface area (TPSA) is 84.9 Å². The molecule has 0 atom stereocenters. The van der Waals surface area contributed by atoms with E-state index in [4.69, 9.17) is 14.6 Å². The summed E-state index contributed by atoms with van der Waals surface area (Å²) in [5, 5.41) is 11.0. The molecule has 0 aliphatic heterocycles. The van der Waals surface area contributed by atoms with E-state index in [1.165, 1.54) is 0 Å². The number of carbonyl (C=O) groups excluding carboxylic acids is 1. The second kappa shape index (κ2) is 9.44. The number of carboxylic acids is 1. The van der Waals surface area contributed by atoms with Crippen LogP contribution in [0.1, 0.15) is 25.3 Å². The Labute approximate surface area is 129 Å². The van der Waals surface area contributed by atoms with Gasteiger partial charge in [0.15, 0.2) is 11.5 Å². The number of amides is 1. The van der Waals surface area contributed by atoms with Crippen LogP contribution in [0.5, 0.6) is 11.5 Å². The Kier molecular flexibility index (Phi) is 7.53. The summed E-state index contributed by atoms with van der Waals surface area (Å²) >= 11 is 0. The molecule has 1 amide bonds. The van der Waals surface area contributed by atoms with Crippen LogP contribution in [-0.4, -0.2) is 30.7 Å². The Morgan fingerprint density at radius 3 is 2.68 bits per heavy atom. The summed E-state index contributed by atoms with van der Waals surface area (Å²) in [6.45, 7) is 2.99. The normalized spacial score (nSPS) is 10.5. The van der Waals surface area contributed by atoms with Crippen molar-refractivity contribution in [2.24, 2.45) is 0 Å². The van der Waals surface area contributed by atoms with Crippen molar-refractivity contribution < 1.29 is 24.2 Å². The van der Waals surface area contributed by atoms with Crippen molar-refractivity contribution in [2.45, 2.75) is 26.3 Å². The van der Waals surface area contributed by atoms with E-state index in [1.807, 2.05) is 6.07 Å². The number of benzene rings is 1. The van der Waals surface area contributed by atoms with Gasteiger partial charge in [0.2, 0.25) is 5.91 Å². The van der Waals surface area contributed by atoms with E-state index in [0.717, 1.165) is 30.6 Å². The maximum absolute atomic E-state index is 11.4. The molecule has 1 aromatic carbocycles. The highest BCUT2D eigenvalue weighted by atomic mass is 16.5. The molecule has 0 fully saturated rings. The number of unbranched alkanes of at least 4 members (excludes halogenated alkanes) is 1. The van der Waals surface area contributed by atoms with Crippen LogP contribution in [-0.2, 0) is 16.1 Å². The van der Waals surface area contributed by atoms with Gasteiger partial charge >= 0.3 is 5.97 Å². The maximum Gasteiger partial charge on any atom is 0.328 e. The molecule has 0 unspecified atom stereocenters. The third kappa shape index (κ3) is 6.30. The van der Waals surface area contributed by atoms with Crippen molar-refractivity contribution in [3.63, 3.8) is 0 Å². The third-order valence-electron chi connectivity index (χ3n) is 2.83. The van der Waals surface area contributed by atoms with Crippen LogP contribution in [0.3, 0.4) is 0 Å². The highest BCUT2D eigenvalue weighted by molar-refractivity contribution is 5.93. The molecule has 1 aromatic rings.